The third-order valence-electron chi connectivity index (χ3n) is 3.03. The first kappa shape index (κ1) is 19.7. The number of benzene rings is 1. The predicted octanol–water partition coefficient (Wildman–Crippen LogP) is 3.83. The van der Waals surface area contributed by atoms with E-state index in [-0.39, 0.29) is 10.1 Å². The molecule has 1 N–H and O–H groups in total. The first-order chi connectivity index (χ1) is 11.2. The molecule has 1 aliphatic heterocycles. The molecular weight excluding hydrogens is 411 g/mol. The lowest BCUT2D eigenvalue weighted by atomic mass is 10.2. The molecule has 0 atom stereocenters. The minimum atomic E-state index is -3.61. The molecule has 10 heteroatoms. The van der Waals surface area contributed by atoms with Crippen molar-refractivity contribution in [1.82, 2.24) is 9.84 Å². The van der Waals surface area contributed by atoms with Gasteiger partial charge >= 0.3 is 0 Å². The first-order valence-electron chi connectivity index (χ1n) is 6.96. The number of hydrogen-bond acceptors (Lipinski definition) is 5. The molecule has 0 aliphatic carbocycles. The van der Waals surface area contributed by atoms with E-state index in [4.69, 9.17) is 35.4 Å². The Morgan fingerprint density at radius 2 is 2.04 bits per heavy atom. The number of nitrogens with zero attached hydrogens (tertiary/aromatic N) is 1. The summed E-state index contributed by atoms with van der Waals surface area (Å²) in [7, 11) is -3.61. The molecule has 1 aromatic carbocycles. The maximum Gasteiger partial charge on any atom is 0.281 e. The van der Waals surface area contributed by atoms with Crippen molar-refractivity contribution < 1.29 is 13.2 Å². The Balaban J connectivity index is 2.19. The second kappa shape index (κ2) is 8.16. The molecule has 0 spiro atoms. The number of hydrogen-bond donors (Lipinski definition) is 1. The zero-order valence-electron chi connectivity index (χ0n) is 12.6. The number of sulfonamides is 1. The molecule has 1 aliphatic rings. The van der Waals surface area contributed by atoms with Crippen LogP contribution < -0.4 is 4.83 Å². The molecule has 24 heavy (non-hydrogen) atoms. The van der Waals surface area contributed by atoms with E-state index in [1.807, 2.05) is 6.92 Å². The summed E-state index contributed by atoms with van der Waals surface area (Å²) in [6.45, 7) is 1.88. The summed E-state index contributed by atoms with van der Waals surface area (Å²) in [5, 5.41) is 1.65. The second-order valence-electron chi connectivity index (χ2n) is 4.95. The van der Waals surface area contributed by atoms with Crippen LogP contribution in [0.25, 0.3) is 6.08 Å². The van der Waals surface area contributed by atoms with E-state index in [0.717, 1.165) is 23.2 Å². The number of carbonyl (C=O) groups is 1. The summed E-state index contributed by atoms with van der Waals surface area (Å²) < 4.78 is 24.0. The van der Waals surface area contributed by atoms with Crippen LogP contribution in [0.5, 0.6) is 0 Å². The standard InChI is InChI=1S/C14H14Cl2N2O3S3/c1-2-3-6-24(20,21)17-18-13(19)12(23-14(18)22)8-9-4-5-10(15)11(16)7-9/h4-5,7-8,17H,2-3,6H2,1H3/b12-8-. The van der Waals surface area contributed by atoms with Gasteiger partial charge in [0.1, 0.15) is 0 Å². The third-order valence-corrected chi connectivity index (χ3v) is 6.36. The molecule has 130 valence electrons. The highest BCUT2D eigenvalue weighted by Gasteiger charge is 2.34. The number of nitrogens with one attached hydrogen (secondary N) is 1. The Hall–Kier alpha value is -0.640. The van der Waals surface area contributed by atoms with E-state index in [1.54, 1.807) is 24.3 Å². The van der Waals surface area contributed by atoms with Gasteiger partial charge in [0.15, 0.2) is 4.32 Å². The van der Waals surface area contributed by atoms with Crippen LogP contribution in [0, 0.1) is 0 Å². The highest BCUT2D eigenvalue weighted by atomic mass is 35.5. The average molecular weight is 425 g/mol. The van der Waals surface area contributed by atoms with Crippen molar-refractivity contribution in [3.63, 3.8) is 0 Å². The van der Waals surface area contributed by atoms with Crippen LogP contribution in [0.3, 0.4) is 0 Å². The van der Waals surface area contributed by atoms with Crippen molar-refractivity contribution in [3.05, 3.63) is 38.7 Å². The summed E-state index contributed by atoms with van der Waals surface area (Å²) in [5.41, 5.74) is 0.666. The van der Waals surface area contributed by atoms with Crippen molar-refractivity contribution in [1.29, 1.82) is 0 Å². The molecule has 0 saturated carbocycles. The normalized spacial score (nSPS) is 17.1. The lowest BCUT2D eigenvalue weighted by Crippen LogP contribution is -2.45. The molecule has 2 rings (SSSR count). The quantitative estimate of drug-likeness (QED) is 0.554. The summed E-state index contributed by atoms with van der Waals surface area (Å²) in [6.07, 6.45) is 2.82. The summed E-state index contributed by atoms with van der Waals surface area (Å²) in [4.78, 5) is 14.9. The van der Waals surface area contributed by atoms with Gasteiger partial charge in [-0.15, -0.1) is 4.83 Å². The lowest BCUT2D eigenvalue weighted by Gasteiger charge is -2.15. The monoisotopic (exact) mass is 424 g/mol. The van der Waals surface area contributed by atoms with Crippen molar-refractivity contribution in [2.24, 2.45) is 0 Å². The van der Waals surface area contributed by atoms with Crippen LogP contribution in [0.1, 0.15) is 25.3 Å². The van der Waals surface area contributed by atoms with Gasteiger partial charge in [0.25, 0.3) is 5.91 Å². The fourth-order valence-corrected chi connectivity index (χ4v) is 4.63. The van der Waals surface area contributed by atoms with Gasteiger partial charge in [0, 0.05) is 0 Å². The fraction of sp³-hybridized carbons (Fsp3) is 0.286. The second-order valence-corrected chi connectivity index (χ2v) is 9.26. The maximum absolute atomic E-state index is 12.4. The van der Waals surface area contributed by atoms with Crippen LogP contribution in [0.15, 0.2) is 23.1 Å². The van der Waals surface area contributed by atoms with Crippen LogP contribution in [0.4, 0.5) is 0 Å². The summed E-state index contributed by atoms with van der Waals surface area (Å²) >= 11 is 17.9. The zero-order chi connectivity index (χ0) is 17.9. The van der Waals surface area contributed by atoms with E-state index in [9.17, 15) is 13.2 Å². The summed E-state index contributed by atoms with van der Waals surface area (Å²) in [5.74, 6) is -0.581. The smallest absolute Gasteiger partial charge is 0.267 e. The Bertz CT molecular complexity index is 809. The molecule has 1 aromatic rings. The van der Waals surface area contributed by atoms with E-state index >= 15 is 0 Å². The van der Waals surface area contributed by atoms with E-state index in [0.29, 0.717) is 26.9 Å². The Labute approximate surface area is 160 Å². The maximum atomic E-state index is 12.4. The predicted molar refractivity (Wildman–Crippen MR) is 103 cm³/mol. The van der Waals surface area contributed by atoms with Crippen LogP contribution in [0.2, 0.25) is 10.0 Å². The van der Waals surface area contributed by atoms with Crippen molar-refractivity contribution in [2.45, 2.75) is 19.8 Å². The Morgan fingerprint density at radius 3 is 2.67 bits per heavy atom. The molecular formula is C14H14Cl2N2O3S3. The number of halogens is 2. The Morgan fingerprint density at radius 1 is 1.33 bits per heavy atom. The van der Waals surface area contributed by atoms with E-state index in [2.05, 4.69) is 4.83 Å². The largest absolute Gasteiger partial charge is 0.281 e. The van der Waals surface area contributed by atoms with Crippen molar-refractivity contribution >= 4 is 73.5 Å². The lowest BCUT2D eigenvalue weighted by molar-refractivity contribution is -0.123. The molecule has 1 amide bonds. The van der Waals surface area contributed by atoms with Crippen LogP contribution >= 0.6 is 47.2 Å². The van der Waals surface area contributed by atoms with Crippen molar-refractivity contribution in [3.8, 4) is 0 Å². The molecule has 1 heterocycles. The fourth-order valence-electron chi connectivity index (χ4n) is 1.82. The van der Waals surface area contributed by atoms with Gasteiger partial charge < -0.3 is 0 Å². The van der Waals surface area contributed by atoms with Gasteiger partial charge in [-0.3, -0.25) is 4.79 Å². The van der Waals surface area contributed by atoms with E-state index in [1.165, 1.54) is 0 Å². The van der Waals surface area contributed by atoms with Gasteiger partial charge in [-0.05, 0) is 30.2 Å². The number of carbonyl (C=O) groups excluding carboxylic acids is 1. The Kier molecular flexibility index (Phi) is 6.69. The number of rotatable bonds is 6. The topological polar surface area (TPSA) is 66.5 Å². The number of amides is 1. The minimum absolute atomic E-state index is 0.0631. The first-order valence-corrected chi connectivity index (χ1v) is 10.6. The minimum Gasteiger partial charge on any atom is -0.267 e. The number of thiocarbonyl (C=S) groups is 1. The molecule has 0 bridgehead atoms. The van der Waals surface area contributed by atoms with Gasteiger partial charge in [0.2, 0.25) is 10.0 Å². The van der Waals surface area contributed by atoms with Gasteiger partial charge in [0.05, 0.1) is 20.7 Å². The molecule has 1 saturated heterocycles. The highest BCUT2D eigenvalue weighted by Crippen LogP contribution is 2.32. The average Bonchev–Trinajstić information content (AvgIpc) is 2.76. The highest BCUT2D eigenvalue weighted by molar-refractivity contribution is 8.26. The van der Waals surface area contributed by atoms with E-state index < -0.39 is 15.9 Å². The third kappa shape index (κ3) is 4.93. The van der Waals surface area contributed by atoms with Gasteiger partial charge in [-0.2, -0.15) is 0 Å². The number of thioether (sulfide) groups is 1. The molecule has 0 aromatic heterocycles. The molecule has 5 nitrogen and oxygen atoms in total. The van der Waals surface area contributed by atoms with Crippen molar-refractivity contribution in [2.75, 3.05) is 5.75 Å². The van der Waals surface area contributed by atoms with Crippen LogP contribution in [-0.2, 0) is 14.8 Å². The zero-order valence-corrected chi connectivity index (χ0v) is 16.5. The summed E-state index contributed by atoms with van der Waals surface area (Å²) in [6, 6.07) is 4.93. The van der Waals surface area contributed by atoms with Gasteiger partial charge in [-0.25, -0.2) is 13.4 Å². The molecule has 0 radical (unpaired) electrons. The molecule has 1 fully saturated rings. The molecule has 0 unspecified atom stereocenters. The number of hydrazine groups is 1. The SMILES string of the molecule is CCCCS(=O)(=O)NN1C(=O)/C(=C/c2ccc(Cl)c(Cl)c2)SC1=S. The van der Waals surface area contributed by atoms with Crippen LogP contribution in [-0.4, -0.2) is 29.4 Å². The number of unbranched alkanes of at least 4 members (excludes halogenated alkanes) is 1. The van der Waals surface area contributed by atoms with Gasteiger partial charge in [-0.1, -0.05) is 66.6 Å².